The van der Waals surface area contributed by atoms with Gasteiger partial charge in [0.05, 0.1) is 18.0 Å². The van der Waals surface area contributed by atoms with Crippen molar-refractivity contribution in [2.75, 3.05) is 6.54 Å². The fraction of sp³-hybridized carbons (Fsp3) is 0.538. The molecule has 3 rings (SSSR count). The van der Waals surface area contributed by atoms with E-state index in [9.17, 15) is 4.79 Å². The Labute approximate surface area is 105 Å². The van der Waals surface area contributed by atoms with Crippen LogP contribution in [0.2, 0.25) is 0 Å². The fourth-order valence-electron chi connectivity index (χ4n) is 2.91. The molecular formula is C13H14N2OS. The lowest BCUT2D eigenvalue weighted by Gasteiger charge is -2.31. The molecule has 0 saturated carbocycles. The molecule has 1 aromatic rings. The normalized spacial score (nSPS) is 27.9. The van der Waals surface area contributed by atoms with Crippen LogP contribution in [0, 0.1) is 17.2 Å². The zero-order chi connectivity index (χ0) is 11.8. The van der Waals surface area contributed by atoms with Crippen LogP contribution in [0.4, 0.5) is 0 Å². The number of hydrogen-bond acceptors (Lipinski definition) is 3. The highest BCUT2D eigenvalue weighted by Crippen LogP contribution is 2.39. The molecule has 2 unspecified atom stereocenters. The van der Waals surface area contributed by atoms with E-state index in [-0.39, 0.29) is 17.9 Å². The van der Waals surface area contributed by atoms with Gasteiger partial charge < -0.3 is 4.90 Å². The van der Waals surface area contributed by atoms with E-state index >= 15 is 0 Å². The zero-order valence-electron chi connectivity index (χ0n) is 9.56. The first-order valence-corrected chi connectivity index (χ1v) is 6.93. The summed E-state index contributed by atoms with van der Waals surface area (Å²) in [5.74, 6) is 0.0483. The highest BCUT2D eigenvalue weighted by molar-refractivity contribution is 7.10. The minimum Gasteiger partial charge on any atom is -0.334 e. The van der Waals surface area contributed by atoms with Gasteiger partial charge >= 0.3 is 0 Å². The van der Waals surface area contributed by atoms with Crippen molar-refractivity contribution >= 4 is 17.2 Å². The average Bonchev–Trinajstić information content (AvgIpc) is 2.94. The number of carbonyl (C=O) groups is 1. The maximum Gasteiger partial charge on any atom is 0.224 e. The van der Waals surface area contributed by atoms with Crippen LogP contribution in [0.5, 0.6) is 0 Å². The number of hydrogen-bond donors (Lipinski definition) is 0. The SMILES string of the molecule is N#CC1CC(=O)N(C2CCCc3sccc32)C1. The molecule has 1 saturated heterocycles. The predicted octanol–water partition coefficient (Wildman–Crippen LogP) is 2.50. The van der Waals surface area contributed by atoms with E-state index in [0.717, 1.165) is 19.3 Å². The van der Waals surface area contributed by atoms with E-state index in [1.807, 2.05) is 4.90 Å². The van der Waals surface area contributed by atoms with Crippen molar-refractivity contribution in [3.8, 4) is 6.07 Å². The fourth-order valence-corrected chi connectivity index (χ4v) is 3.89. The molecule has 0 radical (unpaired) electrons. The lowest BCUT2D eigenvalue weighted by Crippen LogP contribution is -2.32. The number of fused-ring (bicyclic) bond motifs is 1. The van der Waals surface area contributed by atoms with Crippen LogP contribution in [-0.4, -0.2) is 17.4 Å². The molecular weight excluding hydrogens is 232 g/mol. The van der Waals surface area contributed by atoms with Crippen molar-refractivity contribution in [3.63, 3.8) is 0 Å². The Morgan fingerprint density at radius 3 is 3.18 bits per heavy atom. The minimum atomic E-state index is -0.105. The monoisotopic (exact) mass is 246 g/mol. The number of nitriles is 1. The molecule has 1 fully saturated rings. The number of rotatable bonds is 1. The topological polar surface area (TPSA) is 44.1 Å². The van der Waals surface area contributed by atoms with E-state index in [0.29, 0.717) is 13.0 Å². The molecule has 1 aliphatic carbocycles. The molecule has 17 heavy (non-hydrogen) atoms. The van der Waals surface area contributed by atoms with Crippen molar-refractivity contribution < 1.29 is 4.79 Å². The zero-order valence-corrected chi connectivity index (χ0v) is 10.4. The van der Waals surface area contributed by atoms with Crippen LogP contribution in [-0.2, 0) is 11.2 Å². The van der Waals surface area contributed by atoms with Gasteiger partial charge in [0, 0.05) is 17.8 Å². The Balaban J connectivity index is 1.88. The van der Waals surface area contributed by atoms with Gasteiger partial charge in [-0.3, -0.25) is 4.79 Å². The second kappa shape index (κ2) is 4.15. The summed E-state index contributed by atoms with van der Waals surface area (Å²) in [6, 6.07) is 4.60. The molecule has 0 aromatic carbocycles. The van der Waals surface area contributed by atoms with Gasteiger partial charge in [0.25, 0.3) is 0 Å². The number of aryl methyl sites for hydroxylation is 1. The molecule has 88 valence electrons. The summed E-state index contributed by atoms with van der Waals surface area (Å²) in [6.45, 7) is 0.620. The van der Waals surface area contributed by atoms with Gasteiger partial charge in [-0.2, -0.15) is 5.26 Å². The molecule has 4 heteroatoms. The molecule has 3 nitrogen and oxygen atoms in total. The van der Waals surface area contributed by atoms with E-state index < -0.39 is 0 Å². The van der Waals surface area contributed by atoms with E-state index in [4.69, 9.17) is 5.26 Å². The summed E-state index contributed by atoms with van der Waals surface area (Å²) in [4.78, 5) is 15.3. The first-order valence-electron chi connectivity index (χ1n) is 6.05. The van der Waals surface area contributed by atoms with Crippen LogP contribution in [0.15, 0.2) is 11.4 Å². The van der Waals surface area contributed by atoms with Gasteiger partial charge in [-0.1, -0.05) is 0 Å². The quantitative estimate of drug-likeness (QED) is 0.764. The number of likely N-dealkylation sites (tertiary alicyclic amines) is 1. The summed E-state index contributed by atoms with van der Waals surface area (Å²) in [5, 5.41) is 11.0. The van der Waals surface area contributed by atoms with E-state index in [1.54, 1.807) is 11.3 Å². The van der Waals surface area contributed by atoms with Gasteiger partial charge in [-0.15, -0.1) is 11.3 Å². The van der Waals surface area contributed by atoms with Gasteiger partial charge in [-0.25, -0.2) is 0 Å². The highest BCUT2D eigenvalue weighted by Gasteiger charge is 2.36. The Kier molecular flexibility index (Phi) is 2.64. The average molecular weight is 246 g/mol. The number of carbonyl (C=O) groups excluding carboxylic acids is 1. The second-order valence-electron chi connectivity index (χ2n) is 4.78. The maximum atomic E-state index is 12.0. The third-order valence-electron chi connectivity index (χ3n) is 3.74. The molecule has 2 heterocycles. The van der Waals surface area contributed by atoms with Crippen LogP contribution in [0.1, 0.15) is 35.7 Å². The largest absolute Gasteiger partial charge is 0.334 e. The van der Waals surface area contributed by atoms with Gasteiger partial charge in [-0.05, 0) is 36.3 Å². The highest BCUT2D eigenvalue weighted by atomic mass is 32.1. The summed E-state index contributed by atoms with van der Waals surface area (Å²) < 4.78 is 0. The molecule has 1 aliphatic heterocycles. The van der Waals surface area contributed by atoms with Gasteiger partial charge in [0.2, 0.25) is 5.91 Å². The van der Waals surface area contributed by atoms with Crippen molar-refractivity contribution in [3.05, 3.63) is 21.9 Å². The van der Waals surface area contributed by atoms with Crippen LogP contribution < -0.4 is 0 Å². The first-order chi connectivity index (χ1) is 8.29. The molecule has 1 amide bonds. The minimum absolute atomic E-state index is 0.105. The Bertz CT molecular complexity index is 488. The van der Waals surface area contributed by atoms with Crippen molar-refractivity contribution in [2.45, 2.75) is 31.7 Å². The van der Waals surface area contributed by atoms with E-state index in [2.05, 4.69) is 17.5 Å². The lowest BCUT2D eigenvalue weighted by atomic mass is 9.93. The summed E-state index contributed by atoms with van der Waals surface area (Å²) in [5.41, 5.74) is 1.33. The summed E-state index contributed by atoms with van der Waals surface area (Å²) in [6.07, 6.45) is 3.76. The number of nitrogens with zero attached hydrogens (tertiary/aromatic N) is 2. The molecule has 0 bridgehead atoms. The van der Waals surface area contributed by atoms with Crippen molar-refractivity contribution in [1.29, 1.82) is 5.26 Å². The lowest BCUT2D eigenvalue weighted by molar-refractivity contribution is -0.130. The maximum absolute atomic E-state index is 12.0. The Morgan fingerprint density at radius 1 is 1.53 bits per heavy atom. The molecule has 0 N–H and O–H groups in total. The molecule has 1 aromatic heterocycles. The Morgan fingerprint density at radius 2 is 2.41 bits per heavy atom. The van der Waals surface area contributed by atoms with Gasteiger partial charge in [0.15, 0.2) is 0 Å². The second-order valence-corrected chi connectivity index (χ2v) is 5.78. The predicted molar refractivity (Wildman–Crippen MR) is 65.4 cm³/mol. The number of amides is 1. The molecule has 2 atom stereocenters. The van der Waals surface area contributed by atoms with Crippen LogP contribution in [0.25, 0.3) is 0 Å². The smallest absolute Gasteiger partial charge is 0.224 e. The summed E-state index contributed by atoms with van der Waals surface area (Å²) >= 11 is 1.79. The van der Waals surface area contributed by atoms with Crippen LogP contribution >= 0.6 is 11.3 Å². The van der Waals surface area contributed by atoms with Crippen molar-refractivity contribution in [2.24, 2.45) is 5.92 Å². The third kappa shape index (κ3) is 1.75. The summed E-state index contributed by atoms with van der Waals surface area (Å²) in [7, 11) is 0. The van der Waals surface area contributed by atoms with Crippen LogP contribution in [0.3, 0.4) is 0 Å². The third-order valence-corrected chi connectivity index (χ3v) is 4.73. The van der Waals surface area contributed by atoms with Gasteiger partial charge in [0.1, 0.15) is 0 Å². The van der Waals surface area contributed by atoms with E-state index in [1.165, 1.54) is 10.4 Å². The first kappa shape index (κ1) is 10.8. The number of thiophene rings is 1. The molecule has 0 spiro atoms. The Hall–Kier alpha value is -1.34. The standard InChI is InChI=1S/C13H14N2OS/c14-7-9-6-13(16)15(8-9)11-2-1-3-12-10(11)4-5-17-12/h4-5,9,11H,1-3,6,8H2. The van der Waals surface area contributed by atoms with Crippen molar-refractivity contribution in [1.82, 2.24) is 4.90 Å². The molecule has 2 aliphatic rings.